The second kappa shape index (κ2) is 8.81. The minimum absolute atomic E-state index is 0.0877. The summed E-state index contributed by atoms with van der Waals surface area (Å²) in [5, 5.41) is 9.71. The molecule has 0 spiro atoms. The Morgan fingerprint density at radius 2 is 1.94 bits per heavy atom. The molecule has 176 valence electrons. The summed E-state index contributed by atoms with van der Waals surface area (Å²) >= 11 is 6.59. The molecule has 1 fully saturated rings. The number of halogens is 2. The van der Waals surface area contributed by atoms with E-state index < -0.39 is 17.3 Å². The average Bonchev–Trinajstić information content (AvgIpc) is 2.61. The van der Waals surface area contributed by atoms with E-state index in [9.17, 15) is 14.7 Å². The number of amides is 1. The molecular weight excluding hydrogens is 429 g/mol. The summed E-state index contributed by atoms with van der Waals surface area (Å²) in [5.74, 6) is -1.55. The van der Waals surface area contributed by atoms with E-state index >= 15 is 4.39 Å². The van der Waals surface area contributed by atoms with Gasteiger partial charge in [-0.05, 0) is 65.8 Å². The highest BCUT2D eigenvalue weighted by atomic mass is 35.5. The van der Waals surface area contributed by atoms with Gasteiger partial charge in [0.2, 0.25) is 5.91 Å². The third kappa shape index (κ3) is 4.88. The van der Waals surface area contributed by atoms with Gasteiger partial charge in [-0.1, -0.05) is 53.1 Å². The lowest BCUT2D eigenvalue weighted by molar-refractivity contribution is -0.150. The van der Waals surface area contributed by atoms with Crippen molar-refractivity contribution in [2.24, 2.45) is 17.3 Å². The largest absolute Gasteiger partial charge is 0.481 e. The number of carbonyl (C=O) groups excluding carboxylic acids is 1. The fourth-order valence-corrected chi connectivity index (χ4v) is 5.19. The lowest BCUT2D eigenvalue weighted by Crippen LogP contribution is -2.52. The van der Waals surface area contributed by atoms with Crippen LogP contribution in [0.15, 0.2) is 23.9 Å². The molecule has 1 aromatic rings. The van der Waals surface area contributed by atoms with Crippen molar-refractivity contribution in [1.82, 2.24) is 4.90 Å². The topological polar surface area (TPSA) is 57.6 Å². The number of aryl methyl sites for hydroxylation is 1. The zero-order valence-corrected chi connectivity index (χ0v) is 20.7. The third-order valence-electron chi connectivity index (χ3n) is 7.06. The number of carboxylic acids is 1. The number of benzene rings is 1. The molecule has 1 aromatic carbocycles. The normalized spacial score (nSPS) is 26.2. The highest BCUT2D eigenvalue weighted by Crippen LogP contribution is 2.47. The van der Waals surface area contributed by atoms with Crippen LogP contribution in [0.1, 0.15) is 78.4 Å². The van der Waals surface area contributed by atoms with Crippen molar-refractivity contribution in [2.45, 2.75) is 85.1 Å². The predicted molar refractivity (Wildman–Crippen MR) is 125 cm³/mol. The van der Waals surface area contributed by atoms with E-state index in [2.05, 4.69) is 20.8 Å². The Hall–Kier alpha value is -1.88. The second-order valence-corrected chi connectivity index (χ2v) is 11.6. The van der Waals surface area contributed by atoms with Crippen LogP contribution in [0.25, 0.3) is 0 Å². The van der Waals surface area contributed by atoms with Gasteiger partial charge in [0.15, 0.2) is 0 Å². The molecule has 0 unspecified atom stereocenters. The van der Waals surface area contributed by atoms with Gasteiger partial charge in [0.05, 0.1) is 5.92 Å². The minimum atomic E-state index is -0.813. The Bertz CT molecular complexity index is 943. The summed E-state index contributed by atoms with van der Waals surface area (Å²) in [6.07, 6.45) is 4.50. The molecule has 0 saturated heterocycles. The molecule has 3 rings (SSSR count). The van der Waals surface area contributed by atoms with E-state index in [-0.39, 0.29) is 35.5 Å². The van der Waals surface area contributed by atoms with Gasteiger partial charge in [-0.3, -0.25) is 9.59 Å². The maximum Gasteiger partial charge on any atom is 0.306 e. The van der Waals surface area contributed by atoms with Crippen LogP contribution in [0.5, 0.6) is 0 Å². The van der Waals surface area contributed by atoms with Gasteiger partial charge in [0, 0.05) is 29.1 Å². The van der Waals surface area contributed by atoms with Crippen molar-refractivity contribution in [3.05, 3.63) is 45.9 Å². The van der Waals surface area contributed by atoms with Crippen LogP contribution in [0, 0.1) is 23.1 Å². The predicted octanol–water partition coefficient (Wildman–Crippen LogP) is 6.35. The summed E-state index contributed by atoms with van der Waals surface area (Å²) in [4.78, 5) is 26.0. The first-order chi connectivity index (χ1) is 14.7. The summed E-state index contributed by atoms with van der Waals surface area (Å²) in [6.45, 7) is 12.4. The van der Waals surface area contributed by atoms with Crippen LogP contribution >= 0.6 is 11.6 Å². The Kier molecular flexibility index (Phi) is 6.82. The molecule has 0 aromatic heterocycles. The van der Waals surface area contributed by atoms with Crippen LogP contribution in [-0.2, 0) is 21.4 Å². The monoisotopic (exact) mass is 463 g/mol. The van der Waals surface area contributed by atoms with E-state index in [1.165, 1.54) is 6.07 Å². The molecular formula is C26H35ClFNO3. The molecule has 1 atom stereocenters. The molecule has 1 saturated carbocycles. The Morgan fingerprint density at radius 1 is 1.31 bits per heavy atom. The average molecular weight is 464 g/mol. The molecule has 2 aliphatic rings. The Balaban J connectivity index is 1.94. The zero-order chi connectivity index (χ0) is 24.0. The molecule has 1 aliphatic heterocycles. The number of carbonyl (C=O) groups is 2. The first-order valence-electron chi connectivity index (χ1n) is 11.5. The van der Waals surface area contributed by atoms with E-state index in [0.29, 0.717) is 29.8 Å². The maximum atomic E-state index is 15.4. The number of nitrogens with zero attached hydrogens (tertiary/aromatic N) is 1. The van der Waals surface area contributed by atoms with Gasteiger partial charge in [0.25, 0.3) is 0 Å². The summed E-state index contributed by atoms with van der Waals surface area (Å²) < 4.78 is 15.4. The van der Waals surface area contributed by atoms with Crippen molar-refractivity contribution >= 4 is 23.5 Å². The molecule has 6 heteroatoms. The lowest BCUT2D eigenvalue weighted by Gasteiger charge is -2.47. The standard InChI is InChI=1S/C26H35ClFNO3/c1-15(2)20-14-29(18-9-17(10-18)24(31)32)23(30)13-26(20,6)19-12-21(27)16(11-22(19)28)7-8-25(3,4)5/h11-12,14-15,17-18H,7-10,13H2,1-6H3,(H,31,32)/t17?,18?,26-/m1/s1. The van der Waals surface area contributed by atoms with Crippen molar-refractivity contribution in [3.63, 3.8) is 0 Å². The number of hydrogen-bond donors (Lipinski definition) is 1. The quantitative estimate of drug-likeness (QED) is 0.534. The molecule has 1 amide bonds. The Morgan fingerprint density at radius 3 is 2.47 bits per heavy atom. The van der Waals surface area contributed by atoms with E-state index in [1.807, 2.05) is 27.0 Å². The third-order valence-corrected chi connectivity index (χ3v) is 7.41. The Labute approximate surface area is 195 Å². The zero-order valence-electron chi connectivity index (χ0n) is 20.0. The maximum absolute atomic E-state index is 15.4. The highest BCUT2D eigenvalue weighted by Gasteiger charge is 2.46. The lowest BCUT2D eigenvalue weighted by atomic mass is 9.67. The fourth-order valence-electron chi connectivity index (χ4n) is 4.93. The molecule has 1 N–H and O–H groups in total. The van der Waals surface area contributed by atoms with Gasteiger partial charge in [0.1, 0.15) is 5.82 Å². The highest BCUT2D eigenvalue weighted by molar-refractivity contribution is 6.31. The molecule has 1 aliphatic carbocycles. The van der Waals surface area contributed by atoms with Crippen molar-refractivity contribution in [3.8, 4) is 0 Å². The van der Waals surface area contributed by atoms with Crippen molar-refractivity contribution in [2.75, 3.05) is 0 Å². The van der Waals surface area contributed by atoms with Gasteiger partial charge in [-0.25, -0.2) is 4.39 Å². The van der Waals surface area contributed by atoms with Crippen LogP contribution in [0.4, 0.5) is 4.39 Å². The van der Waals surface area contributed by atoms with E-state index in [1.54, 1.807) is 11.0 Å². The number of allylic oxidation sites excluding steroid dienone is 1. The van der Waals surface area contributed by atoms with Crippen molar-refractivity contribution < 1.29 is 19.1 Å². The first kappa shape index (κ1) is 24.8. The van der Waals surface area contributed by atoms with Crippen LogP contribution in [-0.4, -0.2) is 27.9 Å². The van der Waals surface area contributed by atoms with E-state index in [4.69, 9.17) is 11.6 Å². The molecule has 0 bridgehead atoms. The minimum Gasteiger partial charge on any atom is -0.481 e. The van der Waals surface area contributed by atoms with Crippen molar-refractivity contribution in [1.29, 1.82) is 0 Å². The molecule has 4 nitrogen and oxygen atoms in total. The first-order valence-corrected chi connectivity index (χ1v) is 11.9. The molecule has 1 heterocycles. The number of carboxylic acid groups (broad SMARTS) is 1. The summed E-state index contributed by atoms with van der Waals surface area (Å²) in [6, 6.07) is 3.14. The number of rotatable bonds is 6. The molecule has 32 heavy (non-hydrogen) atoms. The van der Waals surface area contributed by atoms with Gasteiger partial charge in [-0.15, -0.1) is 0 Å². The summed E-state index contributed by atoms with van der Waals surface area (Å²) in [7, 11) is 0. The summed E-state index contributed by atoms with van der Waals surface area (Å²) in [5.41, 5.74) is 1.53. The second-order valence-electron chi connectivity index (χ2n) is 11.2. The smallest absolute Gasteiger partial charge is 0.306 e. The van der Waals surface area contributed by atoms with Gasteiger partial charge in [-0.2, -0.15) is 0 Å². The van der Waals surface area contributed by atoms with Crippen LogP contribution in [0.3, 0.4) is 0 Å². The van der Waals surface area contributed by atoms with E-state index in [0.717, 1.165) is 17.6 Å². The fraction of sp³-hybridized carbons (Fsp3) is 0.615. The van der Waals surface area contributed by atoms with Crippen LogP contribution < -0.4 is 0 Å². The molecule has 0 radical (unpaired) electrons. The van der Waals surface area contributed by atoms with Gasteiger partial charge < -0.3 is 10.0 Å². The van der Waals surface area contributed by atoms with Crippen LogP contribution in [0.2, 0.25) is 5.02 Å². The van der Waals surface area contributed by atoms with Gasteiger partial charge >= 0.3 is 5.97 Å². The number of aliphatic carboxylic acids is 1. The number of hydrogen-bond acceptors (Lipinski definition) is 2. The SMILES string of the molecule is CC(C)C1=CN(C2CC(C(=O)O)C2)C(=O)C[C@]1(C)c1cc(Cl)c(CCC(C)(C)C)cc1F.